The fourth-order valence-corrected chi connectivity index (χ4v) is 3.37. The van der Waals surface area contributed by atoms with Gasteiger partial charge in [-0.3, -0.25) is 10.2 Å². The van der Waals surface area contributed by atoms with E-state index >= 15 is 0 Å². The third-order valence-electron chi connectivity index (χ3n) is 4.42. The molecule has 3 atom stereocenters. The van der Waals surface area contributed by atoms with Crippen molar-refractivity contribution in [1.82, 2.24) is 16.2 Å². The maximum atomic E-state index is 12.3. The molecular formula is C20H24ClN3O3. The molecule has 1 aliphatic rings. The summed E-state index contributed by atoms with van der Waals surface area (Å²) in [4.78, 5) is 12.3. The zero-order valence-corrected chi connectivity index (χ0v) is 16.1. The van der Waals surface area contributed by atoms with Gasteiger partial charge in [0.25, 0.3) is 5.91 Å². The lowest BCUT2D eigenvalue weighted by Gasteiger charge is -2.22. The Morgan fingerprint density at radius 1 is 1.11 bits per heavy atom. The van der Waals surface area contributed by atoms with Crippen molar-refractivity contribution in [3.8, 4) is 11.5 Å². The summed E-state index contributed by atoms with van der Waals surface area (Å²) in [5.41, 5.74) is 7.36. The molecule has 3 rings (SSSR count). The first-order valence-corrected chi connectivity index (χ1v) is 9.36. The maximum Gasteiger partial charge on any atom is 0.259 e. The lowest BCUT2D eigenvalue weighted by Crippen LogP contribution is -2.47. The Morgan fingerprint density at radius 2 is 1.81 bits per heavy atom. The minimum Gasteiger partial charge on any atom is -0.494 e. The summed E-state index contributed by atoms with van der Waals surface area (Å²) in [6.07, 6.45) is -0.255. The summed E-state index contributed by atoms with van der Waals surface area (Å²) in [6, 6.07) is 15.0. The molecule has 2 aromatic rings. The maximum absolute atomic E-state index is 12.3. The highest BCUT2D eigenvalue weighted by Crippen LogP contribution is 2.27. The predicted molar refractivity (Wildman–Crippen MR) is 105 cm³/mol. The van der Waals surface area contributed by atoms with Gasteiger partial charge in [0.2, 0.25) is 0 Å². The number of ether oxygens (including phenoxy) is 2. The molecule has 6 nitrogen and oxygen atoms in total. The topological polar surface area (TPSA) is 71.6 Å². The van der Waals surface area contributed by atoms with Crippen molar-refractivity contribution in [3.05, 3.63) is 59.1 Å². The van der Waals surface area contributed by atoms with Crippen LogP contribution in [-0.2, 0) is 4.79 Å². The summed E-state index contributed by atoms with van der Waals surface area (Å²) < 4.78 is 10.9. The number of hydrogen-bond donors (Lipinski definition) is 3. The van der Waals surface area contributed by atoms with E-state index in [4.69, 9.17) is 21.1 Å². The molecule has 3 N–H and O–H groups in total. The number of amides is 1. The Morgan fingerprint density at radius 3 is 2.48 bits per heavy atom. The van der Waals surface area contributed by atoms with E-state index in [2.05, 4.69) is 23.1 Å². The first-order chi connectivity index (χ1) is 13.1. The van der Waals surface area contributed by atoms with Gasteiger partial charge in [-0.05, 0) is 55.8 Å². The van der Waals surface area contributed by atoms with E-state index in [1.54, 1.807) is 12.1 Å². The van der Waals surface area contributed by atoms with Crippen molar-refractivity contribution < 1.29 is 14.3 Å². The van der Waals surface area contributed by atoms with Crippen molar-refractivity contribution >= 4 is 17.5 Å². The van der Waals surface area contributed by atoms with Crippen LogP contribution in [-0.4, -0.2) is 31.3 Å². The van der Waals surface area contributed by atoms with E-state index in [1.807, 2.05) is 43.3 Å². The van der Waals surface area contributed by atoms with Crippen molar-refractivity contribution in [1.29, 1.82) is 0 Å². The molecule has 144 valence electrons. The molecule has 1 fully saturated rings. The molecule has 1 heterocycles. The summed E-state index contributed by atoms with van der Waals surface area (Å²) in [6.45, 7) is 4.53. The van der Waals surface area contributed by atoms with E-state index in [0.717, 1.165) is 11.3 Å². The van der Waals surface area contributed by atoms with Crippen LogP contribution >= 0.6 is 11.6 Å². The van der Waals surface area contributed by atoms with Crippen molar-refractivity contribution in [2.45, 2.75) is 32.0 Å². The van der Waals surface area contributed by atoms with Crippen molar-refractivity contribution in [2.75, 3.05) is 13.2 Å². The molecule has 0 bridgehead atoms. The second kappa shape index (κ2) is 9.08. The molecule has 1 aliphatic heterocycles. The van der Waals surface area contributed by atoms with Gasteiger partial charge in [-0.2, -0.15) is 0 Å². The molecule has 7 heteroatoms. The standard InChI is InChI=1S/C20H24ClN3O3/c1-3-26-16-7-9-17(10-8-16)27-12-18(25)22-20-19(13(2)23-24-20)14-5-4-6-15(21)11-14/h4-11,13,19-20,23-24H,3,12H2,1-2H3,(H,22,25). The van der Waals surface area contributed by atoms with Gasteiger partial charge in [0.1, 0.15) is 17.7 Å². The lowest BCUT2D eigenvalue weighted by molar-refractivity contribution is -0.124. The molecule has 1 amide bonds. The van der Waals surface area contributed by atoms with Crippen LogP contribution in [0.25, 0.3) is 0 Å². The van der Waals surface area contributed by atoms with Gasteiger partial charge in [-0.15, -0.1) is 0 Å². The fourth-order valence-electron chi connectivity index (χ4n) is 3.17. The second-order valence-corrected chi connectivity index (χ2v) is 6.83. The number of carbonyl (C=O) groups is 1. The van der Waals surface area contributed by atoms with Crippen LogP contribution in [0, 0.1) is 0 Å². The van der Waals surface area contributed by atoms with Crippen LogP contribution in [0.4, 0.5) is 0 Å². The molecule has 0 saturated carbocycles. The first-order valence-electron chi connectivity index (χ1n) is 8.98. The van der Waals surface area contributed by atoms with Crippen molar-refractivity contribution in [3.63, 3.8) is 0 Å². The molecule has 2 aromatic carbocycles. The summed E-state index contributed by atoms with van der Waals surface area (Å²) in [5, 5.41) is 3.65. The van der Waals surface area contributed by atoms with E-state index in [0.29, 0.717) is 17.4 Å². The average molecular weight is 390 g/mol. The SMILES string of the molecule is CCOc1ccc(OCC(=O)NC2NNC(C)C2c2cccc(Cl)c2)cc1. The molecule has 0 radical (unpaired) electrons. The largest absolute Gasteiger partial charge is 0.494 e. The molecular weight excluding hydrogens is 366 g/mol. The van der Waals surface area contributed by atoms with Gasteiger partial charge in [-0.25, -0.2) is 5.43 Å². The molecule has 0 aromatic heterocycles. The normalized spacial score (nSPS) is 21.7. The zero-order valence-electron chi connectivity index (χ0n) is 15.4. The molecule has 1 saturated heterocycles. The van der Waals surface area contributed by atoms with Gasteiger partial charge in [-0.1, -0.05) is 23.7 Å². The number of hydrogen-bond acceptors (Lipinski definition) is 5. The van der Waals surface area contributed by atoms with E-state index < -0.39 is 0 Å². The minimum atomic E-state index is -0.255. The number of halogens is 1. The molecule has 0 spiro atoms. The highest BCUT2D eigenvalue weighted by molar-refractivity contribution is 6.30. The average Bonchev–Trinajstić information content (AvgIpc) is 3.01. The van der Waals surface area contributed by atoms with Crippen LogP contribution in [0.3, 0.4) is 0 Å². The van der Waals surface area contributed by atoms with Gasteiger partial charge < -0.3 is 14.8 Å². The van der Waals surface area contributed by atoms with Crippen LogP contribution < -0.4 is 25.6 Å². The Balaban J connectivity index is 1.56. The number of hydrazine groups is 1. The fraction of sp³-hybridized carbons (Fsp3) is 0.350. The Hall–Kier alpha value is -2.28. The molecule has 0 aliphatic carbocycles. The monoisotopic (exact) mass is 389 g/mol. The third-order valence-corrected chi connectivity index (χ3v) is 4.65. The molecule has 27 heavy (non-hydrogen) atoms. The number of benzene rings is 2. The van der Waals surface area contributed by atoms with Crippen LogP contribution in [0.1, 0.15) is 25.3 Å². The van der Waals surface area contributed by atoms with E-state index in [9.17, 15) is 4.79 Å². The van der Waals surface area contributed by atoms with E-state index in [-0.39, 0.29) is 30.6 Å². The Labute approximate surface area is 164 Å². The third kappa shape index (κ3) is 5.13. The number of carbonyl (C=O) groups excluding carboxylic acids is 1. The quantitative estimate of drug-likeness (QED) is 0.679. The summed E-state index contributed by atoms with van der Waals surface area (Å²) in [7, 11) is 0. The van der Waals surface area contributed by atoms with Gasteiger partial charge in [0.05, 0.1) is 6.61 Å². The van der Waals surface area contributed by atoms with Gasteiger partial charge >= 0.3 is 0 Å². The number of nitrogens with one attached hydrogen (secondary N) is 3. The van der Waals surface area contributed by atoms with Crippen molar-refractivity contribution in [2.24, 2.45) is 0 Å². The van der Waals surface area contributed by atoms with Gasteiger partial charge in [0.15, 0.2) is 6.61 Å². The zero-order chi connectivity index (χ0) is 19.2. The minimum absolute atomic E-state index is 0.0538. The second-order valence-electron chi connectivity index (χ2n) is 6.40. The Kier molecular flexibility index (Phi) is 6.55. The summed E-state index contributed by atoms with van der Waals surface area (Å²) in [5.74, 6) is 1.24. The van der Waals surface area contributed by atoms with E-state index in [1.165, 1.54) is 0 Å². The highest BCUT2D eigenvalue weighted by atomic mass is 35.5. The molecule has 3 unspecified atom stereocenters. The Bertz CT molecular complexity index is 769. The lowest BCUT2D eigenvalue weighted by atomic mass is 9.91. The predicted octanol–water partition coefficient (Wildman–Crippen LogP) is 2.84. The van der Waals surface area contributed by atoms with Crippen LogP contribution in [0.2, 0.25) is 5.02 Å². The first kappa shape index (κ1) is 19.5. The number of rotatable bonds is 7. The highest BCUT2D eigenvalue weighted by Gasteiger charge is 2.35. The van der Waals surface area contributed by atoms with Gasteiger partial charge in [0, 0.05) is 17.0 Å². The summed E-state index contributed by atoms with van der Waals surface area (Å²) >= 11 is 6.12. The van der Waals surface area contributed by atoms with Crippen LogP contribution in [0.15, 0.2) is 48.5 Å². The smallest absolute Gasteiger partial charge is 0.259 e. The van der Waals surface area contributed by atoms with Crippen LogP contribution in [0.5, 0.6) is 11.5 Å².